The van der Waals surface area contributed by atoms with E-state index in [4.69, 9.17) is 0 Å². The van der Waals surface area contributed by atoms with Crippen LogP contribution >= 0.6 is 0 Å². The predicted molar refractivity (Wildman–Crippen MR) is 92.1 cm³/mol. The Kier molecular flexibility index (Phi) is 5.29. The second-order valence-corrected chi connectivity index (χ2v) is 6.08. The average molecular weight is 378 g/mol. The summed E-state index contributed by atoms with van der Waals surface area (Å²) in [7, 11) is 0. The fourth-order valence-electron chi connectivity index (χ4n) is 2.54. The first-order chi connectivity index (χ1) is 12.8. The van der Waals surface area contributed by atoms with Crippen molar-refractivity contribution in [1.82, 2.24) is 20.5 Å². The van der Waals surface area contributed by atoms with Crippen molar-refractivity contribution in [1.29, 1.82) is 0 Å². The second kappa shape index (κ2) is 7.65. The molecule has 0 radical (unpaired) electrons. The smallest absolute Gasteiger partial charge is 0.422 e. The largest absolute Gasteiger partial charge is 0.483 e. The number of aromatic nitrogens is 3. The number of nitrogens with one attached hydrogen (secondary N) is 2. The second-order valence-electron chi connectivity index (χ2n) is 6.08. The topological polar surface area (TPSA) is 79.9 Å². The van der Waals surface area contributed by atoms with Gasteiger partial charge in [0.15, 0.2) is 6.61 Å². The molecular formula is C18H17F3N4O2. The summed E-state index contributed by atoms with van der Waals surface area (Å²) in [5.74, 6) is -0.178. The molecule has 9 heteroatoms. The quantitative estimate of drug-likeness (QED) is 0.690. The van der Waals surface area contributed by atoms with Crippen LogP contribution in [-0.2, 0) is 11.2 Å². The molecule has 0 spiro atoms. The third-order valence-electron chi connectivity index (χ3n) is 3.85. The van der Waals surface area contributed by atoms with Crippen molar-refractivity contribution in [2.75, 3.05) is 6.61 Å². The molecule has 3 rings (SSSR count). The van der Waals surface area contributed by atoms with Crippen molar-refractivity contribution in [3.63, 3.8) is 0 Å². The van der Waals surface area contributed by atoms with Crippen LogP contribution in [0.2, 0.25) is 0 Å². The Labute approximate surface area is 152 Å². The van der Waals surface area contributed by atoms with Gasteiger partial charge in [0.25, 0.3) is 0 Å². The lowest BCUT2D eigenvalue weighted by molar-refractivity contribution is -0.153. The van der Waals surface area contributed by atoms with E-state index >= 15 is 0 Å². The van der Waals surface area contributed by atoms with Gasteiger partial charge in [-0.15, -0.1) is 0 Å². The minimum atomic E-state index is -4.40. The van der Waals surface area contributed by atoms with Crippen LogP contribution < -0.4 is 10.1 Å². The van der Waals surface area contributed by atoms with Gasteiger partial charge in [-0.2, -0.15) is 18.3 Å². The lowest BCUT2D eigenvalue weighted by Crippen LogP contribution is -2.28. The molecule has 2 N–H and O–H groups in total. The van der Waals surface area contributed by atoms with E-state index in [2.05, 4.69) is 25.2 Å². The number of halogens is 3. The van der Waals surface area contributed by atoms with Crippen molar-refractivity contribution in [2.45, 2.75) is 25.6 Å². The van der Waals surface area contributed by atoms with E-state index in [-0.39, 0.29) is 18.1 Å². The first-order valence-electron chi connectivity index (χ1n) is 8.17. The van der Waals surface area contributed by atoms with Gasteiger partial charge < -0.3 is 10.1 Å². The molecule has 3 aromatic rings. The third-order valence-corrected chi connectivity index (χ3v) is 3.85. The number of rotatable bonds is 6. The summed E-state index contributed by atoms with van der Waals surface area (Å²) in [6.45, 7) is 0.371. The van der Waals surface area contributed by atoms with Crippen LogP contribution in [0.5, 0.6) is 5.75 Å². The van der Waals surface area contributed by atoms with E-state index in [0.717, 1.165) is 16.5 Å². The number of fused-ring (bicyclic) bond motifs is 1. The zero-order valence-corrected chi connectivity index (χ0v) is 14.4. The summed E-state index contributed by atoms with van der Waals surface area (Å²) in [4.78, 5) is 16.3. The number of nitrogens with zero attached hydrogens (tertiary/aromatic N) is 2. The van der Waals surface area contributed by atoms with Gasteiger partial charge in [-0.3, -0.25) is 14.9 Å². The molecular weight excluding hydrogens is 361 g/mol. The van der Waals surface area contributed by atoms with Crippen molar-refractivity contribution in [3.05, 3.63) is 54.0 Å². The normalized spacial score (nSPS) is 12.7. The number of ether oxygens (including phenoxy) is 1. The molecule has 142 valence electrons. The Balaban J connectivity index is 1.55. The zero-order chi connectivity index (χ0) is 19.4. The first-order valence-corrected chi connectivity index (χ1v) is 8.17. The number of amides is 1. The van der Waals surface area contributed by atoms with Gasteiger partial charge in [-0.05, 0) is 30.7 Å². The summed E-state index contributed by atoms with van der Waals surface area (Å²) in [6.07, 6.45) is -1.31. The molecule has 0 aliphatic carbocycles. The molecule has 2 heterocycles. The summed E-state index contributed by atoms with van der Waals surface area (Å²) in [5, 5.41) is 10.6. The van der Waals surface area contributed by atoms with E-state index in [9.17, 15) is 18.0 Å². The van der Waals surface area contributed by atoms with Crippen LogP contribution in [0.1, 0.15) is 24.2 Å². The Morgan fingerprint density at radius 1 is 1.26 bits per heavy atom. The number of benzene rings is 1. The molecule has 0 saturated carbocycles. The highest BCUT2D eigenvalue weighted by Gasteiger charge is 2.28. The van der Waals surface area contributed by atoms with Gasteiger partial charge in [0, 0.05) is 5.39 Å². The summed E-state index contributed by atoms with van der Waals surface area (Å²) >= 11 is 0. The maximum Gasteiger partial charge on any atom is 0.422 e. The van der Waals surface area contributed by atoms with Crippen LogP contribution in [0.4, 0.5) is 13.2 Å². The predicted octanol–water partition coefficient (Wildman–Crippen LogP) is 3.32. The van der Waals surface area contributed by atoms with Crippen molar-refractivity contribution < 1.29 is 22.7 Å². The minimum absolute atomic E-state index is 0.0162. The Morgan fingerprint density at radius 3 is 2.78 bits per heavy atom. The van der Waals surface area contributed by atoms with E-state index in [1.54, 1.807) is 13.1 Å². The highest BCUT2D eigenvalue weighted by molar-refractivity contribution is 5.82. The number of hydrogen-bond donors (Lipinski definition) is 2. The number of aromatic amines is 1. The molecule has 0 aliphatic heterocycles. The molecule has 0 aliphatic rings. The highest BCUT2D eigenvalue weighted by Crippen LogP contribution is 2.19. The molecule has 2 aromatic heterocycles. The van der Waals surface area contributed by atoms with Crippen LogP contribution in [0.25, 0.3) is 10.9 Å². The summed E-state index contributed by atoms with van der Waals surface area (Å²) in [5.41, 5.74) is 2.21. The van der Waals surface area contributed by atoms with Gasteiger partial charge in [0.1, 0.15) is 5.75 Å². The maximum absolute atomic E-state index is 12.2. The molecule has 1 atom stereocenters. The third kappa shape index (κ3) is 5.19. The van der Waals surface area contributed by atoms with Crippen LogP contribution in [0, 0.1) is 0 Å². The summed E-state index contributed by atoms with van der Waals surface area (Å²) < 4.78 is 41.0. The molecule has 0 saturated heterocycles. The number of carbonyl (C=O) groups is 1. The van der Waals surface area contributed by atoms with E-state index in [0.29, 0.717) is 5.69 Å². The molecule has 0 bridgehead atoms. The van der Waals surface area contributed by atoms with Crippen LogP contribution in [-0.4, -0.2) is 33.9 Å². The van der Waals surface area contributed by atoms with Gasteiger partial charge in [-0.1, -0.05) is 12.1 Å². The Hall–Kier alpha value is -3.10. The molecule has 27 heavy (non-hydrogen) atoms. The average Bonchev–Trinajstić information content (AvgIpc) is 3.07. The van der Waals surface area contributed by atoms with Gasteiger partial charge in [0.05, 0.1) is 36.1 Å². The van der Waals surface area contributed by atoms with E-state index in [1.165, 1.54) is 18.3 Å². The van der Waals surface area contributed by atoms with Crippen molar-refractivity contribution in [3.8, 4) is 5.75 Å². The fraction of sp³-hybridized carbons (Fsp3) is 0.278. The number of alkyl halides is 3. The standard InChI is InChI=1S/C18H17F3N4O2/c1-11(15-5-4-14(9-22-15)27-10-18(19,20)21)24-17(26)7-12-2-3-13-8-23-25-16(13)6-12/h2-6,8-9,11H,7,10H2,1H3,(H,23,25)(H,24,26)/t11-/m1/s1. The molecule has 0 unspecified atom stereocenters. The highest BCUT2D eigenvalue weighted by atomic mass is 19.4. The molecule has 0 fully saturated rings. The number of pyridine rings is 1. The van der Waals surface area contributed by atoms with Crippen LogP contribution in [0.3, 0.4) is 0 Å². The number of hydrogen-bond acceptors (Lipinski definition) is 4. The lowest BCUT2D eigenvalue weighted by atomic mass is 10.1. The zero-order valence-electron chi connectivity index (χ0n) is 14.4. The molecule has 6 nitrogen and oxygen atoms in total. The fourth-order valence-corrected chi connectivity index (χ4v) is 2.54. The van der Waals surface area contributed by atoms with Crippen molar-refractivity contribution >= 4 is 16.8 Å². The SMILES string of the molecule is C[C@@H](NC(=O)Cc1ccc2cn[nH]c2c1)c1ccc(OCC(F)(F)F)cn1. The van der Waals surface area contributed by atoms with Crippen LogP contribution in [0.15, 0.2) is 42.7 Å². The Bertz CT molecular complexity index is 922. The lowest BCUT2D eigenvalue weighted by Gasteiger charge is -2.14. The van der Waals surface area contributed by atoms with Gasteiger partial charge in [0.2, 0.25) is 5.91 Å². The van der Waals surface area contributed by atoms with Gasteiger partial charge in [-0.25, -0.2) is 0 Å². The first kappa shape index (κ1) is 18.7. The maximum atomic E-state index is 12.2. The minimum Gasteiger partial charge on any atom is -0.483 e. The van der Waals surface area contributed by atoms with Crippen molar-refractivity contribution in [2.24, 2.45) is 0 Å². The number of carbonyl (C=O) groups excluding carboxylic acids is 1. The number of H-pyrrole nitrogens is 1. The molecule has 1 aromatic carbocycles. The monoisotopic (exact) mass is 378 g/mol. The molecule has 1 amide bonds. The van der Waals surface area contributed by atoms with E-state index < -0.39 is 18.8 Å². The van der Waals surface area contributed by atoms with E-state index in [1.807, 2.05) is 18.2 Å². The summed E-state index contributed by atoms with van der Waals surface area (Å²) in [6, 6.07) is 8.11. The Morgan fingerprint density at radius 2 is 2.07 bits per heavy atom. The van der Waals surface area contributed by atoms with Gasteiger partial charge >= 0.3 is 6.18 Å².